The average molecular weight is 485 g/mol. The molecule has 1 amide bonds. The number of hydrogen-bond donors (Lipinski definition) is 0. The molecule has 2 saturated heterocycles. The summed E-state index contributed by atoms with van der Waals surface area (Å²) in [5.74, 6) is 0.407. The molecule has 7 nitrogen and oxygen atoms in total. The van der Waals surface area contributed by atoms with Gasteiger partial charge in [0.05, 0.1) is 0 Å². The number of piperidine rings is 2. The summed E-state index contributed by atoms with van der Waals surface area (Å²) in [6.07, 6.45) is 3.43. The van der Waals surface area contributed by atoms with E-state index >= 15 is 0 Å². The van der Waals surface area contributed by atoms with Crippen LogP contribution in [0, 0.1) is 0 Å². The van der Waals surface area contributed by atoms with Crippen molar-refractivity contribution < 1.29 is 23.9 Å². The maximum Gasteiger partial charge on any atom is 0.410 e. The van der Waals surface area contributed by atoms with Gasteiger partial charge in [-0.2, -0.15) is 0 Å². The maximum absolute atomic E-state index is 12.6. The van der Waals surface area contributed by atoms with Crippen LogP contribution in [0.3, 0.4) is 0 Å². The van der Waals surface area contributed by atoms with E-state index in [0.29, 0.717) is 28.0 Å². The fraction of sp³-hybridized carbons (Fsp3) is 0.577. The minimum Gasteiger partial charge on any atom is -0.484 e. The van der Waals surface area contributed by atoms with Crippen molar-refractivity contribution in [3.63, 3.8) is 0 Å². The number of amides is 1. The van der Waals surface area contributed by atoms with Crippen LogP contribution in [0.15, 0.2) is 29.2 Å². The Kier molecular flexibility index (Phi) is 6.01. The third-order valence-electron chi connectivity index (χ3n) is 7.17. The van der Waals surface area contributed by atoms with Crippen molar-refractivity contribution in [1.29, 1.82) is 0 Å². The van der Waals surface area contributed by atoms with Gasteiger partial charge in [-0.1, -0.05) is 24.3 Å². The van der Waals surface area contributed by atoms with Crippen molar-refractivity contribution in [2.24, 2.45) is 0 Å². The zero-order valence-electron chi connectivity index (χ0n) is 20.1. The largest absolute Gasteiger partial charge is 0.484 e. The number of ether oxygens (including phenoxy) is 2. The number of ketones is 2. The van der Waals surface area contributed by atoms with Gasteiger partial charge in [0.25, 0.3) is 0 Å². The zero-order valence-corrected chi connectivity index (χ0v) is 20.9. The molecule has 3 heterocycles. The predicted molar refractivity (Wildman–Crippen MR) is 131 cm³/mol. The standard InChI is InChI=1S/C26H32N2O5S/c1-25(2,3)33-24(31)28-12-8-17(9-13-28)27-14-10-26(11-15-27)16-34-23-21(30)20(29)18-6-4-5-7-19(18)22(23)32-26/h4-7,17H,8-16H2,1-3H3. The Bertz CT molecular complexity index is 1040. The van der Waals surface area contributed by atoms with Crippen molar-refractivity contribution in [1.82, 2.24) is 9.80 Å². The Labute approximate surface area is 204 Å². The lowest BCUT2D eigenvalue weighted by atomic mass is 9.88. The number of rotatable bonds is 1. The molecule has 182 valence electrons. The van der Waals surface area contributed by atoms with Crippen molar-refractivity contribution in [2.75, 3.05) is 31.9 Å². The SMILES string of the molecule is CC(C)(C)OC(=O)N1CCC(N2CCC3(CC2)CSC2=C(O3)c3ccccc3C(=O)C2=O)CC1. The molecule has 3 aliphatic heterocycles. The Morgan fingerprint density at radius 3 is 2.32 bits per heavy atom. The van der Waals surface area contributed by atoms with Crippen LogP contribution in [0.25, 0.3) is 5.76 Å². The van der Waals surface area contributed by atoms with E-state index < -0.39 is 17.2 Å². The molecule has 1 spiro atoms. The molecule has 4 aliphatic rings. The first-order valence-electron chi connectivity index (χ1n) is 12.1. The van der Waals surface area contributed by atoms with E-state index in [9.17, 15) is 14.4 Å². The Balaban J connectivity index is 1.21. The minimum absolute atomic E-state index is 0.221. The van der Waals surface area contributed by atoms with E-state index in [4.69, 9.17) is 9.47 Å². The molecule has 0 saturated carbocycles. The van der Waals surface area contributed by atoms with Crippen LogP contribution in [0.1, 0.15) is 62.4 Å². The van der Waals surface area contributed by atoms with Gasteiger partial charge >= 0.3 is 6.09 Å². The molecular formula is C26H32N2O5S. The number of thioether (sulfide) groups is 1. The van der Waals surface area contributed by atoms with Gasteiger partial charge in [0.2, 0.25) is 11.6 Å². The van der Waals surface area contributed by atoms with Crippen LogP contribution in [0.5, 0.6) is 0 Å². The van der Waals surface area contributed by atoms with Crippen LogP contribution < -0.4 is 0 Å². The third kappa shape index (κ3) is 4.38. The van der Waals surface area contributed by atoms with Crippen molar-refractivity contribution in [3.8, 4) is 0 Å². The Morgan fingerprint density at radius 1 is 1.03 bits per heavy atom. The van der Waals surface area contributed by atoms with Crippen molar-refractivity contribution in [3.05, 3.63) is 40.3 Å². The van der Waals surface area contributed by atoms with Crippen LogP contribution in [0.4, 0.5) is 4.79 Å². The van der Waals surface area contributed by atoms with E-state index in [-0.39, 0.29) is 11.7 Å². The normalized spacial score (nSPS) is 23.4. The van der Waals surface area contributed by atoms with Crippen LogP contribution in [-0.4, -0.2) is 76.6 Å². The van der Waals surface area contributed by atoms with E-state index in [0.717, 1.165) is 57.4 Å². The number of nitrogens with zero attached hydrogens (tertiary/aromatic N) is 2. The lowest BCUT2D eigenvalue weighted by Crippen LogP contribution is -2.54. The monoisotopic (exact) mass is 484 g/mol. The molecule has 0 aromatic heterocycles. The first-order valence-corrected chi connectivity index (χ1v) is 13.1. The number of carbonyl (C=O) groups excluding carboxylic acids is 3. The summed E-state index contributed by atoms with van der Waals surface area (Å²) in [7, 11) is 0. The Hall–Kier alpha value is -2.32. The molecule has 5 rings (SSSR count). The number of allylic oxidation sites excluding steroid dienone is 1. The van der Waals surface area contributed by atoms with Crippen molar-refractivity contribution >= 4 is 35.2 Å². The molecule has 0 N–H and O–H groups in total. The highest BCUT2D eigenvalue weighted by atomic mass is 32.2. The van der Waals surface area contributed by atoms with Gasteiger partial charge in [-0.15, -0.1) is 11.8 Å². The van der Waals surface area contributed by atoms with Gasteiger partial charge in [-0.3, -0.25) is 14.5 Å². The summed E-state index contributed by atoms with van der Waals surface area (Å²) in [4.78, 5) is 42.3. The highest BCUT2D eigenvalue weighted by molar-refractivity contribution is 8.04. The number of carbonyl (C=O) groups is 3. The summed E-state index contributed by atoms with van der Waals surface area (Å²) >= 11 is 1.48. The second kappa shape index (κ2) is 8.72. The van der Waals surface area contributed by atoms with Crippen LogP contribution in [0.2, 0.25) is 0 Å². The molecule has 1 aromatic rings. The fourth-order valence-electron chi connectivity index (χ4n) is 5.30. The quantitative estimate of drug-likeness (QED) is 0.555. The molecular weight excluding hydrogens is 452 g/mol. The smallest absolute Gasteiger partial charge is 0.410 e. The van der Waals surface area contributed by atoms with Crippen LogP contribution in [-0.2, 0) is 14.3 Å². The maximum atomic E-state index is 12.6. The topological polar surface area (TPSA) is 76.2 Å². The van der Waals surface area contributed by atoms with Crippen LogP contribution >= 0.6 is 11.8 Å². The highest BCUT2D eigenvalue weighted by Gasteiger charge is 2.46. The van der Waals surface area contributed by atoms with Gasteiger partial charge < -0.3 is 14.4 Å². The predicted octanol–water partition coefficient (Wildman–Crippen LogP) is 4.12. The summed E-state index contributed by atoms with van der Waals surface area (Å²) in [5, 5.41) is 0. The van der Waals surface area contributed by atoms with Gasteiger partial charge in [-0.05, 0) is 33.6 Å². The molecule has 1 aliphatic carbocycles. The van der Waals surface area contributed by atoms with Gasteiger partial charge in [-0.25, -0.2) is 4.79 Å². The number of benzene rings is 1. The number of likely N-dealkylation sites (tertiary alicyclic amines) is 2. The first-order chi connectivity index (χ1) is 16.2. The fourth-order valence-corrected chi connectivity index (χ4v) is 6.56. The molecule has 0 bridgehead atoms. The summed E-state index contributed by atoms with van der Waals surface area (Å²) in [6.45, 7) is 8.97. The second-order valence-electron chi connectivity index (χ2n) is 10.7. The van der Waals surface area contributed by atoms with E-state index in [2.05, 4.69) is 4.90 Å². The Morgan fingerprint density at radius 2 is 1.68 bits per heavy atom. The van der Waals surface area contributed by atoms with Gasteiger partial charge in [0, 0.05) is 61.9 Å². The van der Waals surface area contributed by atoms with Crippen molar-refractivity contribution in [2.45, 2.75) is 63.7 Å². The number of fused-ring (bicyclic) bond motifs is 2. The lowest BCUT2D eigenvalue weighted by molar-refractivity contribution is -0.111. The van der Waals surface area contributed by atoms with E-state index in [1.54, 1.807) is 12.1 Å². The summed E-state index contributed by atoms with van der Waals surface area (Å²) < 4.78 is 12.1. The second-order valence-corrected chi connectivity index (χ2v) is 11.7. The molecule has 0 radical (unpaired) electrons. The van der Waals surface area contributed by atoms with Gasteiger partial charge in [0.1, 0.15) is 21.9 Å². The van der Waals surface area contributed by atoms with E-state index in [1.165, 1.54) is 11.8 Å². The molecule has 8 heteroatoms. The molecule has 1 aromatic carbocycles. The number of Topliss-reactive ketones (excluding diaryl/α,β-unsaturated/α-hetero) is 2. The summed E-state index contributed by atoms with van der Waals surface area (Å²) in [6, 6.07) is 7.71. The number of hydrogen-bond acceptors (Lipinski definition) is 7. The summed E-state index contributed by atoms with van der Waals surface area (Å²) in [5.41, 5.74) is 0.396. The van der Waals surface area contributed by atoms with E-state index in [1.807, 2.05) is 37.8 Å². The molecule has 0 atom stereocenters. The third-order valence-corrected chi connectivity index (χ3v) is 8.50. The average Bonchev–Trinajstić information content (AvgIpc) is 2.82. The lowest BCUT2D eigenvalue weighted by Gasteiger charge is -2.48. The minimum atomic E-state index is -0.473. The highest BCUT2D eigenvalue weighted by Crippen LogP contribution is 2.47. The molecule has 2 fully saturated rings. The zero-order chi connectivity index (χ0) is 24.1. The first kappa shape index (κ1) is 23.4. The van der Waals surface area contributed by atoms with Gasteiger partial charge in [0.15, 0.2) is 0 Å². The molecule has 34 heavy (non-hydrogen) atoms. The molecule has 0 unspecified atom stereocenters.